The van der Waals surface area contributed by atoms with E-state index in [-0.39, 0.29) is 17.9 Å². The molecule has 1 aliphatic rings. The summed E-state index contributed by atoms with van der Waals surface area (Å²) in [4.78, 5) is 11.8. The first kappa shape index (κ1) is 12.0. The number of hydrogen-bond donors (Lipinski definition) is 1. The quantitative estimate of drug-likeness (QED) is 0.615. The summed E-state index contributed by atoms with van der Waals surface area (Å²) in [6.07, 6.45) is 7.22. The monoisotopic (exact) mass is 261 g/mol. The van der Waals surface area contributed by atoms with Gasteiger partial charge in [-0.1, -0.05) is 41.6 Å². The highest BCUT2D eigenvalue weighted by Crippen LogP contribution is 2.22. The van der Waals surface area contributed by atoms with E-state index in [1.165, 1.54) is 25.7 Å². The third-order valence-electron chi connectivity index (χ3n) is 2.85. The third kappa shape index (κ3) is 3.99. The molecule has 0 radical (unpaired) electrons. The van der Waals surface area contributed by atoms with Gasteiger partial charge in [-0.05, 0) is 19.8 Å². The molecule has 1 aliphatic carbocycles. The zero-order valence-corrected chi connectivity index (χ0v) is 10.5. The van der Waals surface area contributed by atoms with Gasteiger partial charge < -0.3 is 5.32 Å². The Balaban J connectivity index is 2.34. The largest absolute Gasteiger partial charge is 0.353 e. The number of amides is 1. The molecular formula is C11H20BrNO. The first-order chi connectivity index (χ1) is 6.74. The van der Waals surface area contributed by atoms with Crippen molar-refractivity contribution in [3.05, 3.63) is 0 Å². The molecule has 0 saturated heterocycles. The number of nitrogens with one attached hydrogen (secondary N) is 1. The second-order valence-electron chi connectivity index (χ2n) is 4.25. The first-order valence-electron chi connectivity index (χ1n) is 5.60. The van der Waals surface area contributed by atoms with Gasteiger partial charge in [-0.3, -0.25) is 4.79 Å². The van der Waals surface area contributed by atoms with E-state index in [4.69, 9.17) is 0 Å². The Morgan fingerprint density at radius 3 is 2.43 bits per heavy atom. The maximum absolute atomic E-state index is 11.8. The SMILES string of the molecule is CC(CBr)NC(=O)C1CCCCCC1. The zero-order valence-electron chi connectivity index (χ0n) is 8.89. The van der Waals surface area contributed by atoms with Crippen molar-refractivity contribution in [3.63, 3.8) is 0 Å². The van der Waals surface area contributed by atoms with Crippen molar-refractivity contribution in [1.82, 2.24) is 5.32 Å². The second-order valence-corrected chi connectivity index (χ2v) is 4.90. The van der Waals surface area contributed by atoms with E-state index in [2.05, 4.69) is 21.2 Å². The lowest BCUT2D eigenvalue weighted by Crippen LogP contribution is -2.38. The molecule has 3 heteroatoms. The van der Waals surface area contributed by atoms with Crippen LogP contribution in [0.25, 0.3) is 0 Å². The van der Waals surface area contributed by atoms with Gasteiger partial charge in [0.2, 0.25) is 5.91 Å². The fourth-order valence-electron chi connectivity index (χ4n) is 1.94. The second kappa shape index (κ2) is 6.44. The molecule has 1 atom stereocenters. The van der Waals surface area contributed by atoms with Crippen LogP contribution in [0.1, 0.15) is 45.4 Å². The summed E-state index contributed by atoms with van der Waals surface area (Å²) in [5.41, 5.74) is 0. The molecule has 1 N–H and O–H groups in total. The first-order valence-corrected chi connectivity index (χ1v) is 6.72. The van der Waals surface area contributed by atoms with Crippen LogP contribution in [-0.4, -0.2) is 17.3 Å². The van der Waals surface area contributed by atoms with Crippen molar-refractivity contribution < 1.29 is 4.79 Å². The van der Waals surface area contributed by atoms with Crippen LogP contribution >= 0.6 is 15.9 Å². The summed E-state index contributed by atoms with van der Waals surface area (Å²) < 4.78 is 0. The lowest BCUT2D eigenvalue weighted by molar-refractivity contribution is -0.125. The van der Waals surface area contributed by atoms with E-state index < -0.39 is 0 Å². The molecule has 0 aromatic rings. The van der Waals surface area contributed by atoms with Crippen molar-refractivity contribution in [1.29, 1.82) is 0 Å². The van der Waals surface area contributed by atoms with Gasteiger partial charge in [0, 0.05) is 17.3 Å². The fourth-order valence-corrected chi connectivity index (χ4v) is 2.10. The number of hydrogen-bond acceptors (Lipinski definition) is 1. The maximum Gasteiger partial charge on any atom is 0.223 e. The molecule has 0 aliphatic heterocycles. The smallest absolute Gasteiger partial charge is 0.223 e. The van der Waals surface area contributed by atoms with Crippen LogP contribution in [0.4, 0.5) is 0 Å². The van der Waals surface area contributed by atoms with Gasteiger partial charge in [-0.2, -0.15) is 0 Å². The van der Waals surface area contributed by atoms with Gasteiger partial charge in [-0.15, -0.1) is 0 Å². The van der Waals surface area contributed by atoms with E-state index in [9.17, 15) is 4.79 Å². The topological polar surface area (TPSA) is 29.1 Å². The number of carbonyl (C=O) groups is 1. The predicted octanol–water partition coefficient (Wildman–Crippen LogP) is 2.86. The van der Waals surface area contributed by atoms with Crippen LogP contribution in [0.2, 0.25) is 0 Å². The Bertz CT molecular complexity index is 176. The summed E-state index contributed by atoms with van der Waals surface area (Å²) in [6, 6.07) is 0.255. The molecule has 1 unspecified atom stereocenters. The van der Waals surface area contributed by atoms with Crippen molar-refractivity contribution in [3.8, 4) is 0 Å². The number of carbonyl (C=O) groups excluding carboxylic acids is 1. The number of rotatable bonds is 3. The highest BCUT2D eigenvalue weighted by Gasteiger charge is 2.20. The Labute approximate surface area is 95.0 Å². The van der Waals surface area contributed by atoms with Crippen molar-refractivity contribution in [2.45, 2.75) is 51.5 Å². The van der Waals surface area contributed by atoms with E-state index >= 15 is 0 Å². The normalized spacial score (nSPS) is 21.3. The van der Waals surface area contributed by atoms with Crippen molar-refractivity contribution in [2.24, 2.45) is 5.92 Å². The Hall–Kier alpha value is -0.0500. The molecule has 1 fully saturated rings. The maximum atomic E-state index is 11.8. The molecule has 0 aromatic carbocycles. The lowest BCUT2D eigenvalue weighted by Gasteiger charge is -2.17. The molecule has 0 heterocycles. The summed E-state index contributed by atoms with van der Waals surface area (Å²) in [6.45, 7) is 2.03. The highest BCUT2D eigenvalue weighted by molar-refractivity contribution is 9.09. The third-order valence-corrected chi connectivity index (χ3v) is 3.82. The van der Waals surface area contributed by atoms with Crippen LogP contribution in [0, 0.1) is 5.92 Å². The van der Waals surface area contributed by atoms with Gasteiger partial charge in [0.25, 0.3) is 0 Å². The average molecular weight is 262 g/mol. The zero-order chi connectivity index (χ0) is 10.4. The molecule has 14 heavy (non-hydrogen) atoms. The van der Waals surface area contributed by atoms with Crippen molar-refractivity contribution in [2.75, 3.05) is 5.33 Å². The van der Waals surface area contributed by atoms with Crippen LogP contribution in [0.5, 0.6) is 0 Å². The molecule has 1 amide bonds. The number of alkyl halides is 1. The van der Waals surface area contributed by atoms with Gasteiger partial charge in [-0.25, -0.2) is 0 Å². The van der Waals surface area contributed by atoms with Gasteiger partial charge in [0.15, 0.2) is 0 Å². The summed E-state index contributed by atoms with van der Waals surface area (Å²) in [7, 11) is 0. The fraction of sp³-hybridized carbons (Fsp3) is 0.909. The molecule has 1 rings (SSSR count). The van der Waals surface area contributed by atoms with Crippen molar-refractivity contribution >= 4 is 21.8 Å². The van der Waals surface area contributed by atoms with E-state index in [0.29, 0.717) is 0 Å². The minimum Gasteiger partial charge on any atom is -0.353 e. The van der Waals surface area contributed by atoms with Gasteiger partial charge >= 0.3 is 0 Å². The molecule has 82 valence electrons. The number of halogens is 1. The van der Waals surface area contributed by atoms with Gasteiger partial charge in [0.1, 0.15) is 0 Å². The van der Waals surface area contributed by atoms with Crippen LogP contribution in [0.15, 0.2) is 0 Å². The Morgan fingerprint density at radius 1 is 1.36 bits per heavy atom. The standard InChI is InChI=1S/C11H20BrNO/c1-9(8-12)13-11(14)10-6-4-2-3-5-7-10/h9-10H,2-8H2,1H3,(H,13,14). The lowest BCUT2D eigenvalue weighted by atomic mass is 9.99. The van der Waals surface area contributed by atoms with Crippen LogP contribution in [-0.2, 0) is 4.79 Å². The minimum absolute atomic E-state index is 0.255. The Morgan fingerprint density at radius 2 is 1.93 bits per heavy atom. The Kier molecular flexibility index (Phi) is 5.53. The molecule has 0 bridgehead atoms. The molecule has 0 spiro atoms. The summed E-state index contributed by atoms with van der Waals surface area (Å²) >= 11 is 3.37. The molecular weight excluding hydrogens is 242 g/mol. The summed E-state index contributed by atoms with van der Waals surface area (Å²) in [5.74, 6) is 0.540. The van der Waals surface area contributed by atoms with Crippen LogP contribution < -0.4 is 5.32 Å². The molecule has 1 saturated carbocycles. The van der Waals surface area contributed by atoms with E-state index in [1.807, 2.05) is 6.92 Å². The highest BCUT2D eigenvalue weighted by atomic mass is 79.9. The summed E-state index contributed by atoms with van der Waals surface area (Å²) in [5, 5.41) is 3.88. The molecule has 2 nitrogen and oxygen atoms in total. The predicted molar refractivity (Wildman–Crippen MR) is 62.6 cm³/mol. The average Bonchev–Trinajstić information content (AvgIpc) is 2.45. The minimum atomic E-state index is 0.255. The van der Waals surface area contributed by atoms with E-state index in [1.54, 1.807) is 0 Å². The van der Waals surface area contributed by atoms with E-state index in [0.717, 1.165) is 18.2 Å². The van der Waals surface area contributed by atoms with Gasteiger partial charge in [0.05, 0.1) is 0 Å². The molecule has 0 aromatic heterocycles. The van der Waals surface area contributed by atoms with Crippen LogP contribution in [0.3, 0.4) is 0 Å².